The van der Waals surface area contributed by atoms with Crippen LogP contribution in [-0.2, 0) is 13.1 Å². The van der Waals surface area contributed by atoms with Crippen LogP contribution in [0.2, 0.25) is 0 Å². The Labute approximate surface area is 117 Å². The van der Waals surface area contributed by atoms with Crippen molar-refractivity contribution in [3.63, 3.8) is 0 Å². The lowest BCUT2D eigenvalue weighted by molar-refractivity contribution is 0.397. The molecule has 0 atom stereocenters. The van der Waals surface area contributed by atoms with Gasteiger partial charge in [0.15, 0.2) is 0 Å². The Morgan fingerprint density at radius 2 is 2.15 bits per heavy atom. The van der Waals surface area contributed by atoms with Crippen molar-refractivity contribution in [2.24, 2.45) is 0 Å². The van der Waals surface area contributed by atoms with Crippen LogP contribution in [0.1, 0.15) is 25.3 Å². The highest BCUT2D eigenvalue weighted by molar-refractivity contribution is 5.26. The van der Waals surface area contributed by atoms with Crippen molar-refractivity contribution in [1.29, 1.82) is 0 Å². The minimum Gasteiger partial charge on any atom is -0.481 e. The molecule has 0 saturated heterocycles. The summed E-state index contributed by atoms with van der Waals surface area (Å²) in [6, 6.07) is 4.53. The maximum atomic E-state index is 5.47. The van der Waals surface area contributed by atoms with Crippen molar-refractivity contribution in [1.82, 2.24) is 20.5 Å². The summed E-state index contributed by atoms with van der Waals surface area (Å²) in [5.74, 6) is 1.14. The summed E-state index contributed by atoms with van der Waals surface area (Å²) in [7, 11) is 1.59. The normalized spacial score (nSPS) is 10.8. The Kier molecular flexibility index (Phi) is 4.89. The third-order valence-corrected chi connectivity index (χ3v) is 2.58. The van der Waals surface area contributed by atoms with Crippen LogP contribution in [0, 0.1) is 0 Å². The average molecular weight is 277 g/mol. The minimum atomic E-state index is 0.377. The molecular formula is C13H19N5O2. The topological polar surface area (TPSA) is 85.1 Å². The van der Waals surface area contributed by atoms with Crippen molar-refractivity contribution >= 4 is 6.01 Å². The molecule has 0 saturated carbocycles. The molecule has 2 aromatic rings. The first-order chi connectivity index (χ1) is 9.67. The van der Waals surface area contributed by atoms with Crippen LogP contribution in [0.4, 0.5) is 6.01 Å². The van der Waals surface area contributed by atoms with E-state index in [-0.39, 0.29) is 0 Å². The molecule has 2 N–H and O–H groups in total. The number of rotatable bonds is 7. The van der Waals surface area contributed by atoms with Gasteiger partial charge in [-0.3, -0.25) is 0 Å². The fourth-order valence-corrected chi connectivity index (χ4v) is 1.54. The van der Waals surface area contributed by atoms with Gasteiger partial charge in [-0.25, -0.2) is 4.98 Å². The molecule has 0 aromatic carbocycles. The van der Waals surface area contributed by atoms with Crippen LogP contribution in [0.5, 0.6) is 5.88 Å². The minimum absolute atomic E-state index is 0.377. The molecule has 2 heterocycles. The van der Waals surface area contributed by atoms with E-state index >= 15 is 0 Å². The zero-order valence-electron chi connectivity index (χ0n) is 11.9. The predicted molar refractivity (Wildman–Crippen MR) is 74.4 cm³/mol. The highest BCUT2D eigenvalue weighted by Gasteiger charge is 2.06. The number of hydrogen-bond donors (Lipinski definition) is 2. The number of nitrogens with one attached hydrogen (secondary N) is 2. The summed E-state index contributed by atoms with van der Waals surface area (Å²) in [5.41, 5.74) is 1.02. The standard InChI is InChI=1S/C13H19N5O2/c1-9(2)15-8-12-17-18-13(20-12)16-7-10-4-5-14-11(6-10)19-3/h4-6,9,15H,7-8H2,1-3H3,(H,16,18). The Morgan fingerprint density at radius 3 is 2.90 bits per heavy atom. The number of anilines is 1. The maximum Gasteiger partial charge on any atom is 0.315 e. The molecule has 2 aromatic heterocycles. The molecule has 0 bridgehead atoms. The first-order valence-electron chi connectivity index (χ1n) is 6.46. The van der Waals surface area contributed by atoms with Crippen molar-refractivity contribution in [2.75, 3.05) is 12.4 Å². The van der Waals surface area contributed by atoms with Crippen molar-refractivity contribution in [2.45, 2.75) is 33.0 Å². The second kappa shape index (κ2) is 6.85. The zero-order chi connectivity index (χ0) is 14.4. The molecule has 20 heavy (non-hydrogen) atoms. The number of ether oxygens (including phenoxy) is 1. The Hall–Kier alpha value is -2.15. The fraction of sp³-hybridized carbons (Fsp3) is 0.462. The van der Waals surface area contributed by atoms with Crippen LogP contribution < -0.4 is 15.4 Å². The number of methoxy groups -OCH3 is 1. The van der Waals surface area contributed by atoms with Gasteiger partial charge in [0, 0.05) is 24.8 Å². The third kappa shape index (κ3) is 4.20. The molecule has 0 unspecified atom stereocenters. The van der Waals surface area contributed by atoms with Gasteiger partial charge >= 0.3 is 6.01 Å². The van der Waals surface area contributed by atoms with Gasteiger partial charge in [-0.15, -0.1) is 5.10 Å². The maximum absolute atomic E-state index is 5.47. The van der Waals surface area contributed by atoms with Crippen LogP contribution >= 0.6 is 0 Å². The highest BCUT2D eigenvalue weighted by Crippen LogP contribution is 2.11. The lowest BCUT2D eigenvalue weighted by Gasteiger charge is -2.04. The molecule has 2 rings (SSSR count). The quantitative estimate of drug-likeness (QED) is 0.794. The SMILES string of the molecule is COc1cc(CNc2nnc(CNC(C)C)o2)ccn1. The van der Waals surface area contributed by atoms with E-state index in [9.17, 15) is 0 Å². The van der Waals surface area contributed by atoms with Gasteiger partial charge in [0.2, 0.25) is 11.8 Å². The Balaban J connectivity index is 1.87. The van der Waals surface area contributed by atoms with Crippen LogP contribution in [0.3, 0.4) is 0 Å². The molecular weight excluding hydrogens is 258 g/mol. The molecule has 7 heteroatoms. The van der Waals surface area contributed by atoms with E-state index in [2.05, 4.69) is 39.7 Å². The molecule has 0 aliphatic rings. The van der Waals surface area contributed by atoms with Crippen LogP contribution in [0.25, 0.3) is 0 Å². The first-order valence-corrected chi connectivity index (χ1v) is 6.46. The first kappa shape index (κ1) is 14.3. The molecule has 0 aliphatic heterocycles. The summed E-state index contributed by atoms with van der Waals surface area (Å²) < 4.78 is 10.5. The van der Waals surface area contributed by atoms with Gasteiger partial charge in [0.25, 0.3) is 0 Å². The van der Waals surface area contributed by atoms with Gasteiger partial charge in [-0.05, 0) is 11.6 Å². The van der Waals surface area contributed by atoms with E-state index in [1.165, 1.54) is 0 Å². The molecule has 0 spiro atoms. The van der Waals surface area contributed by atoms with E-state index in [4.69, 9.17) is 9.15 Å². The Bertz CT molecular complexity index is 541. The molecule has 7 nitrogen and oxygen atoms in total. The van der Waals surface area contributed by atoms with Gasteiger partial charge in [0.1, 0.15) is 0 Å². The zero-order valence-corrected chi connectivity index (χ0v) is 11.9. The smallest absolute Gasteiger partial charge is 0.315 e. The summed E-state index contributed by atoms with van der Waals surface area (Å²) in [5, 5.41) is 14.2. The second-order valence-electron chi connectivity index (χ2n) is 4.60. The van der Waals surface area contributed by atoms with E-state index in [1.807, 2.05) is 12.1 Å². The number of aromatic nitrogens is 3. The average Bonchev–Trinajstić information content (AvgIpc) is 2.91. The van der Waals surface area contributed by atoms with Gasteiger partial charge in [0.05, 0.1) is 13.7 Å². The number of nitrogens with zero attached hydrogens (tertiary/aromatic N) is 3. The van der Waals surface area contributed by atoms with Gasteiger partial charge < -0.3 is 19.8 Å². The summed E-state index contributed by atoms with van der Waals surface area (Å²) in [4.78, 5) is 4.05. The van der Waals surface area contributed by atoms with Crippen LogP contribution in [0.15, 0.2) is 22.7 Å². The van der Waals surface area contributed by atoms with E-state index in [0.717, 1.165) is 5.56 Å². The number of pyridine rings is 1. The van der Waals surface area contributed by atoms with Crippen molar-refractivity contribution in [3.8, 4) is 5.88 Å². The van der Waals surface area contributed by atoms with Crippen molar-refractivity contribution in [3.05, 3.63) is 29.8 Å². The summed E-state index contributed by atoms with van der Waals surface area (Å²) in [6.45, 7) is 5.26. The molecule has 108 valence electrons. The molecule has 0 aliphatic carbocycles. The fourth-order valence-electron chi connectivity index (χ4n) is 1.54. The second-order valence-corrected chi connectivity index (χ2v) is 4.60. The molecule has 0 amide bonds. The van der Waals surface area contributed by atoms with Gasteiger partial charge in [-0.2, -0.15) is 0 Å². The van der Waals surface area contributed by atoms with E-state index in [1.54, 1.807) is 13.3 Å². The Morgan fingerprint density at radius 1 is 1.30 bits per heavy atom. The molecule has 0 fully saturated rings. The van der Waals surface area contributed by atoms with E-state index in [0.29, 0.717) is 36.9 Å². The lowest BCUT2D eigenvalue weighted by atomic mass is 10.2. The molecule has 0 radical (unpaired) electrons. The van der Waals surface area contributed by atoms with Gasteiger partial charge in [-0.1, -0.05) is 18.9 Å². The third-order valence-electron chi connectivity index (χ3n) is 2.58. The number of hydrogen-bond acceptors (Lipinski definition) is 7. The highest BCUT2D eigenvalue weighted by atomic mass is 16.5. The lowest BCUT2D eigenvalue weighted by Crippen LogP contribution is -2.21. The summed E-state index contributed by atoms with van der Waals surface area (Å²) in [6.07, 6.45) is 1.70. The largest absolute Gasteiger partial charge is 0.481 e. The van der Waals surface area contributed by atoms with Crippen LogP contribution in [-0.4, -0.2) is 28.3 Å². The predicted octanol–water partition coefficient (Wildman–Crippen LogP) is 1.58. The van der Waals surface area contributed by atoms with Crippen molar-refractivity contribution < 1.29 is 9.15 Å². The summed E-state index contributed by atoms with van der Waals surface area (Å²) >= 11 is 0. The monoisotopic (exact) mass is 277 g/mol. The van der Waals surface area contributed by atoms with E-state index < -0.39 is 0 Å².